The second kappa shape index (κ2) is 7.76. The summed E-state index contributed by atoms with van der Waals surface area (Å²) in [6, 6.07) is 0. The molecule has 0 aliphatic rings. The van der Waals surface area contributed by atoms with Crippen LogP contribution in [0.4, 0.5) is 0 Å². The number of methoxy groups -OCH3 is 1. The van der Waals surface area contributed by atoms with Crippen molar-refractivity contribution >= 4 is 5.97 Å². The van der Waals surface area contributed by atoms with Crippen LogP contribution in [0.1, 0.15) is 20.3 Å². The van der Waals surface area contributed by atoms with Crippen molar-refractivity contribution in [1.82, 2.24) is 4.90 Å². The summed E-state index contributed by atoms with van der Waals surface area (Å²) < 4.78 is 9.94. The van der Waals surface area contributed by atoms with Crippen molar-refractivity contribution in [3.8, 4) is 0 Å². The third-order valence-corrected chi connectivity index (χ3v) is 1.97. The summed E-state index contributed by atoms with van der Waals surface area (Å²) >= 11 is 0. The van der Waals surface area contributed by atoms with Crippen molar-refractivity contribution in [2.24, 2.45) is 0 Å². The number of hydrogen-bond acceptors (Lipinski definition) is 4. The topological polar surface area (TPSA) is 38.8 Å². The molecule has 0 aliphatic heterocycles. The van der Waals surface area contributed by atoms with Crippen LogP contribution in [0.2, 0.25) is 0 Å². The van der Waals surface area contributed by atoms with E-state index in [-0.39, 0.29) is 12.1 Å². The van der Waals surface area contributed by atoms with Crippen LogP contribution in [0.3, 0.4) is 0 Å². The van der Waals surface area contributed by atoms with E-state index < -0.39 is 0 Å². The van der Waals surface area contributed by atoms with Crippen molar-refractivity contribution in [3.63, 3.8) is 0 Å². The van der Waals surface area contributed by atoms with E-state index in [0.29, 0.717) is 19.6 Å². The Kier molecular flexibility index (Phi) is 7.42. The summed E-state index contributed by atoms with van der Waals surface area (Å²) in [5.41, 5.74) is 0. The third-order valence-electron chi connectivity index (χ3n) is 1.97. The van der Waals surface area contributed by atoms with E-state index in [9.17, 15) is 4.79 Å². The molecule has 0 aliphatic carbocycles. The summed E-state index contributed by atoms with van der Waals surface area (Å²) in [5, 5.41) is 0. The van der Waals surface area contributed by atoms with Gasteiger partial charge in [0.2, 0.25) is 0 Å². The fourth-order valence-electron chi connectivity index (χ4n) is 1.12. The van der Waals surface area contributed by atoms with Gasteiger partial charge in [-0.15, -0.1) is 0 Å². The molecule has 1 atom stereocenters. The SMILES string of the molecule is CCOC(=O)CCN(C)CC(C)OC. The van der Waals surface area contributed by atoms with Crippen molar-refractivity contribution in [3.05, 3.63) is 0 Å². The highest BCUT2D eigenvalue weighted by atomic mass is 16.5. The zero-order valence-electron chi connectivity index (χ0n) is 9.58. The van der Waals surface area contributed by atoms with Gasteiger partial charge in [0.05, 0.1) is 19.1 Å². The van der Waals surface area contributed by atoms with Gasteiger partial charge >= 0.3 is 5.97 Å². The highest BCUT2D eigenvalue weighted by molar-refractivity contribution is 5.69. The number of ether oxygens (including phenoxy) is 2. The van der Waals surface area contributed by atoms with Crippen LogP contribution in [0.5, 0.6) is 0 Å². The number of hydrogen-bond donors (Lipinski definition) is 0. The van der Waals surface area contributed by atoms with E-state index in [4.69, 9.17) is 9.47 Å². The molecule has 0 rings (SSSR count). The van der Waals surface area contributed by atoms with E-state index in [1.807, 2.05) is 20.9 Å². The minimum atomic E-state index is -0.135. The Labute approximate surface area is 86.2 Å². The molecule has 1 unspecified atom stereocenters. The molecule has 14 heavy (non-hydrogen) atoms. The van der Waals surface area contributed by atoms with Gasteiger partial charge in [0.25, 0.3) is 0 Å². The molecule has 0 aromatic heterocycles. The predicted octanol–water partition coefficient (Wildman–Crippen LogP) is 0.906. The van der Waals surface area contributed by atoms with Crippen molar-refractivity contribution < 1.29 is 14.3 Å². The van der Waals surface area contributed by atoms with E-state index in [1.165, 1.54) is 0 Å². The van der Waals surface area contributed by atoms with Crippen LogP contribution in [0, 0.1) is 0 Å². The van der Waals surface area contributed by atoms with Crippen LogP contribution in [0.25, 0.3) is 0 Å². The van der Waals surface area contributed by atoms with Crippen LogP contribution in [-0.2, 0) is 14.3 Å². The molecule has 0 heterocycles. The summed E-state index contributed by atoms with van der Waals surface area (Å²) in [6.45, 7) is 5.81. The van der Waals surface area contributed by atoms with E-state index in [2.05, 4.69) is 4.90 Å². The average molecular weight is 203 g/mol. The van der Waals surface area contributed by atoms with Crippen LogP contribution < -0.4 is 0 Å². The molecule has 0 bridgehead atoms. The smallest absolute Gasteiger partial charge is 0.307 e. The minimum absolute atomic E-state index is 0.135. The van der Waals surface area contributed by atoms with Gasteiger partial charge in [0.15, 0.2) is 0 Å². The Morgan fingerprint density at radius 3 is 2.64 bits per heavy atom. The lowest BCUT2D eigenvalue weighted by molar-refractivity contribution is -0.143. The van der Waals surface area contributed by atoms with Crippen LogP contribution >= 0.6 is 0 Å². The van der Waals surface area contributed by atoms with E-state index >= 15 is 0 Å². The summed E-state index contributed by atoms with van der Waals surface area (Å²) in [7, 11) is 3.65. The predicted molar refractivity (Wildman–Crippen MR) is 55.2 cm³/mol. The number of carbonyl (C=O) groups excluding carboxylic acids is 1. The number of likely N-dealkylation sites (N-methyl/N-ethyl adjacent to an activating group) is 1. The largest absolute Gasteiger partial charge is 0.466 e. The first kappa shape index (κ1) is 13.4. The molecule has 4 heteroatoms. The van der Waals surface area contributed by atoms with Gasteiger partial charge < -0.3 is 14.4 Å². The molecule has 0 aromatic carbocycles. The first-order valence-electron chi connectivity index (χ1n) is 4.97. The molecule has 0 spiro atoms. The molecule has 0 saturated carbocycles. The Morgan fingerprint density at radius 2 is 2.14 bits per heavy atom. The minimum Gasteiger partial charge on any atom is -0.466 e. The summed E-state index contributed by atoms with van der Waals surface area (Å²) in [6.07, 6.45) is 0.642. The third kappa shape index (κ3) is 6.86. The van der Waals surface area contributed by atoms with Gasteiger partial charge in [-0.25, -0.2) is 0 Å². The average Bonchev–Trinajstić information content (AvgIpc) is 2.15. The van der Waals surface area contributed by atoms with Gasteiger partial charge in [-0.2, -0.15) is 0 Å². The van der Waals surface area contributed by atoms with E-state index in [1.54, 1.807) is 7.11 Å². The molecule has 0 N–H and O–H groups in total. The highest BCUT2D eigenvalue weighted by Crippen LogP contribution is 1.95. The number of carbonyl (C=O) groups is 1. The van der Waals surface area contributed by atoms with Crippen LogP contribution in [-0.4, -0.2) is 50.8 Å². The van der Waals surface area contributed by atoms with Gasteiger partial charge in [-0.1, -0.05) is 0 Å². The van der Waals surface area contributed by atoms with Crippen molar-refractivity contribution in [2.75, 3.05) is 33.9 Å². The first-order chi connectivity index (χ1) is 6.60. The fourth-order valence-corrected chi connectivity index (χ4v) is 1.12. The van der Waals surface area contributed by atoms with Gasteiger partial charge in [-0.05, 0) is 20.9 Å². The lowest BCUT2D eigenvalue weighted by Gasteiger charge is -2.19. The lowest BCUT2D eigenvalue weighted by Crippen LogP contribution is -2.30. The standard InChI is InChI=1S/C10H21NO3/c1-5-14-10(12)6-7-11(3)8-9(2)13-4/h9H,5-8H2,1-4H3. The Hall–Kier alpha value is -0.610. The molecule has 0 saturated heterocycles. The highest BCUT2D eigenvalue weighted by Gasteiger charge is 2.07. The maximum Gasteiger partial charge on any atom is 0.307 e. The summed E-state index contributed by atoms with van der Waals surface area (Å²) in [5.74, 6) is -0.135. The van der Waals surface area contributed by atoms with Gasteiger partial charge in [-0.3, -0.25) is 4.79 Å². The molecule has 0 amide bonds. The number of nitrogens with zero attached hydrogens (tertiary/aromatic N) is 1. The monoisotopic (exact) mass is 203 g/mol. The van der Waals surface area contributed by atoms with Crippen molar-refractivity contribution in [1.29, 1.82) is 0 Å². The lowest BCUT2D eigenvalue weighted by atomic mass is 10.3. The number of esters is 1. The maximum absolute atomic E-state index is 11.0. The molecular formula is C10H21NO3. The van der Waals surface area contributed by atoms with Gasteiger partial charge in [0, 0.05) is 20.2 Å². The summed E-state index contributed by atoms with van der Waals surface area (Å²) in [4.78, 5) is 13.1. The molecule has 0 fully saturated rings. The van der Waals surface area contributed by atoms with Crippen molar-refractivity contribution in [2.45, 2.75) is 26.4 Å². The zero-order chi connectivity index (χ0) is 11.0. The molecule has 0 aromatic rings. The molecule has 84 valence electrons. The molecule has 4 nitrogen and oxygen atoms in total. The maximum atomic E-state index is 11.0. The molecule has 0 radical (unpaired) electrons. The van der Waals surface area contributed by atoms with Gasteiger partial charge in [0.1, 0.15) is 0 Å². The number of rotatable bonds is 7. The second-order valence-electron chi connectivity index (χ2n) is 3.36. The fraction of sp³-hybridized carbons (Fsp3) is 0.900. The van der Waals surface area contributed by atoms with Crippen LogP contribution in [0.15, 0.2) is 0 Å². The quantitative estimate of drug-likeness (QED) is 0.576. The zero-order valence-corrected chi connectivity index (χ0v) is 9.58. The Balaban J connectivity index is 3.52. The normalized spacial score (nSPS) is 12.9. The first-order valence-corrected chi connectivity index (χ1v) is 4.97. The Morgan fingerprint density at radius 1 is 1.50 bits per heavy atom. The molecular weight excluding hydrogens is 182 g/mol. The van der Waals surface area contributed by atoms with E-state index in [0.717, 1.165) is 6.54 Å². The Bertz CT molecular complexity index is 161. The second-order valence-corrected chi connectivity index (χ2v) is 3.36.